The molecule has 0 aliphatic carbocycles. The van der Waals surface area contributed by atoms with Crippen molar-refractivity contribution in [2.24, 2.45) is 0 Å². The minimum atomic E-state index is -0.159. The number of amides is 1. The molecule has 0 bridgehead atoms. The van der Waals surface area contributed by atoms with Crippen LogP contribution in [0.4, 0.5) is 5.69 Å². The molecule has 1 unspecified atom stereocenters. The van der Waals surface area contributed by atoms with Gasteiger partial charge in [0.05, 0.1) is 4.70 Å². The molecule has 124 valence electrons. The molecule has 1 amide bonds. The summed E-state index contributed by atoms with van der Waals surface area (Å²) in [5, 5.41) is 9.36. The molecule has 3 heterocycles. The summed E-state index contributed by atoms with van der Waals surface area (Å²) < 4.78 is 0.929. The molecule has 1 aliphatic heterocycles. The molecule has 6 heteroatoms. The van der Waals surface area contributed by atoms with Gasteiger partial charge in [0.1, 0.15) is 5.69 Å². The average Bonchev–Trinajstić information content (AvgIpc) is 3.26. The highest BCUT2D eigenvalue weighted by Gasteiger charge is 2.17. The maximum Gasteiger partial charge on any atom is 0.275 e. The summed E-state index contributed by atoms with van der Waals surface area (Å²) in [7, 11) is 0. The van der Waals surface area contributed by atoms with Gasteiger partial charge in [-0.15, -0.1) is 23.7 Å². The van der Waals surface area contributed by atoms with Crippen molar-refractivity contribution in [1.82, 2.24) is 10.3 Å². The highest BCUT2D eigenvalue weighted by atomic mass is 35.5. The zero-order valence-corrected chi connectivity index (χ0v) is 14.6. The second-order valence-electron chi connectivity index (χ2n) is 5.76. The van der Waals surface area contributed by atoms with Gasteiger partial charge in [-0.2, -0.15) is 0 Å². The Kier molecular flexibility index (Phi) is 5.14. The molecular formula is C18H18ClN3OS. The lowest BCUT2D eigenvalue weighted by atomic mass is 9.98. The number of carbonyl (C=O) groups excluding carboxylic acids is 1. The second-order valence-corrected chi connectivity index (χ2v) is 6.68. The van der Waals surface area contributed by atoms with Crippen LogP contribution in [0.1, 0.15) is 28.4 Å². The Hall–Kier alpha value is -1.95. The van der Waals surface area contributed by atoms with E-state index in [9.17, 15) is 4.79 Å². The average molecular weight is 360 g/mol. The maximum absolute atomic E-state index is 12.5. The van der Waals surface area contributed by atoms with Crippen LogP contribution < -0.4 is 10.6 Å². The van der Waals surface area contributed by atoms with E-state index in [-0.39, 0.29) is 18.3 Å². The van der Waals surface area contributed by atoms with Crippen LogP contribution in [0.3, 0.4) is 0 Å². The predicted octanol–water partition coefficient (Wildman–Crippen LogP) is 4.05. The van der Waals surface area contributed by atoms with E-state index in [1.54, 1.807) is 17.5 Å². The second kappa shape index (κ2) is 7.30. The van der Waals surface area contributed by atoms with Gasteiger partial charge in [0.15, 0.2) is 0 Å². The Morgan fingerprint density at radius 1 is 1.21 bits per heavy atom. The van der Waals surface area contributed by atoms with Crippen molar-refractivity contribution in [3.63, 3.8) is 0 Å². The van der Waals surface area contributed by atoms with Crippen LogP contribution in [-0.4, -0.2) is 24.0 Å². The normalized spacial score (nSPS) is 16.8. The first-order valence-corrected chi connectivity index (χ1v) is 8.63. The summed E-state index contributed by atoms with van der Waals surface area (Å²) >= 11 is 1.54. The number of nitrogens with zero attached hydrogens (tertiary/aromatic N) is 1. The summed E-state index contributed by atoms with van der Waals surface area (Å²) in [6.07, 6.45) is 2.86. The van der Waals surface area contributed by atoms with Gasteiger partial charge in [-0.1, -0.05) is 12.1 Å². The quantitative estimate of drug-likeness (QED) is 0.741. The number of pyridine rings is 1. The summed E-state index contributed by atoms with van der Waals surface area (Å²) in [5.41, 5.74) is 2.62. The summed E-state index contributed by atoms with van der Waals surface area (Å²) in [6, 6.07) is 12.1. The van der Waals surface area contributed by atoms with Gasteiger partial charge in [0, 0.05) is 18.4 Å². The number of thiophene rings is 1. The molecule has 1 aromatic carbocycles. The molecule has 4 rings (SSSR count). The third-order valence-electron chi connectivity index (χ3n) is 4.28. The molecule has 1 saturated heterocycles. The standard InChI is InChI=1S/C18H17N3OS.ClH/c22-18(16-17-13(6-9-20-16)7-10-23-17)21-15-3-1-12(2-4-15)14-5-8-19-11-14;/h1-4,6-7,9-10,14,19H,5,8,11H2,(H,21,22);1H. The summed E-state index contributed by atoms with van der Waals surface area (Å²) in [6.45, 7) is 2.12. The predicted molar refractivity (Wildman–Crippen MR) is 101 cm³/mol. The van der Waals surface area contributed by atoms with Crippen LogP contribution in [0, 0.1) is 0 Å². The Balaban J connectivity index is 0.00000169. The summed E-state index contributed by atoms with van der Waals surface area (Å²) in [5.74, 6) is 0.426. The molecule has 1 atom stereocenters. The lowest BCUT2D eigenvalue weighted by molar-refractivity contribution is 0.102. The molecule has 2 N–H and O–H groups in total. The maximum atomic E-state index is 12.5. The Labute approximate surface area is 150 Å². The zero-order chi connectivity index (χ0) is 15.6. The highest BCUT2D eigenvalue weighted by molar-refractivity contribution is 7.17. The Bertz CT molecular complexity index is 841. The number of rotatable bonds is 3. The third-order valence-corrected chi connectivity index (χ3v) is 5.22. The molecule has 2 aromatic heterocycles. The minimum absolute atomic E-state index is 0. The van der Waals surface area contributed by atoms with E-state index in [0.29, 0.717) is 11.6 Å². The van der Waals surface area contributed by atoms with Crippen LogP contribution in [0.25, 0.3) is 10.1 Å². The number of halogens is 1. The molecule has 1 aliphatic rings. The third kappa shape index (κ3) is 3.29. The largest absolute Gasteiger partial charge is 0.321 e. The smallest absolute Gasteiger partial charge is 0.275 e. The van der Waals surface area contributed by atoms with E-state index < -0.39 is 0 Å². The molecule has 4 nitrogen and oxygen atoms in total. The first-order valence-electron chi connectivity index (χ1n) is 7.75. The number of benzene rings is 1. The van der Waals surface area contributed by atoms with Crippen molar-refractivity contribution in [2.45, 2.75) is 12.3 Å². The molecule has 1 fully saturated rings. The minimum Gasteiger partial charge on any atom is -0.321 e. The van der Waals surface area contributed by atoms with Gasteiger partial charge in [0.2, 0.25) is 0 Å². The Morgan fingerprint density at radius 3 is 2.79 bits per heavy atom. The van der Waals surface area contributed by atoms with Crippen LogP contribution in [0.5, 0.6) is 0 Å². The molecule has 0 spiro atoms. The first-order chi connectivity index (χ1) is 11.3. The van der Waals surface area contributed by atoms with Crippen molar-refractivity contribution in [1.29, 1.82) is 0 Å². The fourth-order valence-electron chi connectivity index (χ4n) is 3.02. The van der Waals surface area contributed by atoms with Crippen molar-refractivity contribution in [3.8, 4) is 0 Å². The van der Waals surface area contributed by atoms with E-state index in [1.165, 1.54) is 12.0 Å². The topological polar surface area (TPSA) is 54.0 Å². The van der Waals surface area contributed by atoms with Crippen LogP contribution in [0.2, 0.25) is 0 Å². The number of fused-ring (bicyclic) bond motifs is 1. The number of hydrogen-bond acceptors (Lipinski definition) is 4. The monoisotopic (exact) mass is 359 g/mol. The first kappa shape index (κ1) is 16.9. The van der Waals surface area contributed by atoms with Crippen molar-refractivity contribution in [2.75, 3.05) is 18.4 Å². The molecular weight excluding hydrogens is 342 g/mol. The van der Waals surface area contributed by atoms with Crippen molar-refractivity contribution < 1.29 is 4.79 Å². The highest BCUT2D eigenvalue weighted by Crippen LogP contribution is 2.25. The van der Waals surface area contributed by atoms with E-state index in [4.69, 9.17) is 0 Å². The van der Waals surface area contributed by atoms with Crippen LogP contribution >= 0.6 is 23.7 Å². The van der Waals surface area contributed by atoms with Gasteiger partial charge in [-0.05, 0) is 59.5 Å². The Morgan fingerprint density at radius 2 is 2.04 bits per heavy atom. The van der Waals surface area contributed by atoms with Crippen LogP contribution in [0.15, 0.2) is 48.0 Å². The van der Waals surface area contributed by atoms with Crippen molar-refractivity contribution in [3.05, 3.63) is 59.2 Å². The van der Waals surface area contributed by atoms with Gasteiger partial charge < -0.3 is 10.6 Å². The number of hydrogen-bond donors (Lipinski definition) is 2. The number of carbonyl (C=O) groups is 1. The van der Waals surface area contributed by atoms with E-state index in [1.807, 2.05) is 29.6 Å². The van der Waals surface area contributed by atoms with Gasteiger partial charge in [0.25, 0.3) is 5.91 Å². The molecule has 0 saturated carbocycles. The summed E-state index contributed by atoms with van der Waals surface area (Å²) in [4.78, 5) is 16.7. The van der Waals surface area contributed by atoms with Gasteiger partial charge in [-0.3, -0.25) is 4.79 Å². The molecule has 24 heavy (non-hydrogen) atoms. The fourth-order valence-corrected chi connectivity index (χ4v) is 3.90. The SMILES string of the molecule is Cl.O=C(Nc1ccc(C2CCNC2)cc1)c1nccc2ccsc12. The fraction of sp³-hybridized carbons (Fsp3) is 0.222. The molecule has 3 aromatic rings. The number of aromatic nitrogens is 1. The van der Waals surface area contributed by atoms with E-state index in [2.05, 4.69) is 27.8 Å². The van der Waals surface area contributed by atoms with E-state index in [0.717, 1.165) is 28.9 Å². The molecule has 0 radical (unpaired) electrons. The lowest BCUT2D eigenvalue weighted by Gasteiger charge is -2.10. The van der Waals surface area contributed by atoms with Gasteiger partial charge in [-0.25, -0.2) is 4.98 Å². The number of nitrogens with one attached hydrogen (secondary N) is 2. The van der Waals surface area contributed by atoms with Gasteiger partial charge >= 0.3 is 0 Å². The van der Waals surface area contributed by atoms with E-state index >= 15 is 0 Å². The van der Waals surface area contributed by atoms with Crippen molar-refractivity contribution >= 4 is 45.4 Å². The lowest BCUT2D eigenvalue weighted by Crippen LogP contribution is -2.13. The van der Waals surface area contributed by atoms with Crippen LogP contribution in [-0.2, 0) is 0 Å². The zero-order valence-electron chi connectivity index (χ0n) is 13.0. The number of anilines is 1.